The first-order chi connectivity index (χ1) is 12.0. The Balaban J connectivity index is 1.91. The first kappa shape index (κ1) is 19.9. The second-order valence-electron chi connectivity index (χ2n) is 5.27. The van der Waals surface area contributed by atoms with E-state index in [0.29, 0.717) is 32.6 Å². The van der Waals surface area contributed by atoms with E-state index < -0.39 is 0 Å². The van der Waals surface area contributed by atoms with Crippen molar-refractivity contribution in [2.24, 2.45) is 0 Å². The lowest BCUT2D eigenvalue weighted by molar-refractivity contribution is -0.118. The maximum atomic E-state index is 12.1. The lowest BCUT2D eigenvalue weighted by Crippen LogP contribution is -2.20. The Labute approximate surface area is 165 Å². The normalized spacial score (nSPS) is 10.4. The van der Waals surface area contributed by atoms with E-state index in [9.17, 15) is 4.79 Å². The lowest BCUT2D eigenvalue weighted by Gasteiger charge is -2.12. The molecule has 0 atom stereocenters. The maximum Gasteiger partial charge on any atom is 0.262 e. The van der Waals surface area contributed by atoms with Gasteiger partial charge in [0.2, 0.25) is 0 Å². The van der Waals surface area contributed by atoms with Gasteiger partial charge in [-0.2, -0.15) is 0 Å². The molecule has 0 bridgehead atoms. The van der Waals surface area contributed by atoms with Crippen molar-refractivity contribution in [3.05, 3.63) is 50.9 Å². The topological polar surface area (TPSA) is 47.6 Å². The fourth-order valence-electron chi connectivity index (χ4n) is 2.00. The van der Waals surface area contributed by atoms with Crippen molar-refractivity contribution in [1.29, 1.82) is 0 Å². The molecular weight excluding hydrogens is 429 g/mol. The molecule has 0 aliphatic heterocycles. The van der Waals surface area contributed by atoms with Crippen molar-refractivity contribution in [3.8, 4) is 11.5 Å². The van der Waals surface area contributed by atoms with E-state index in [4.69, 9.17) is 32.7 Å². The first-order valence-corrected chi connectivity index (χ1v) is 9.34. The molecule has 4 nitrogen and oxygen atoms in total. The number of rotatable bonds is 8. The van der Waals surface area contributed by atoms with E-state index in [1.807, 2.05) is 12.1 Å². The molecule has 0 fully saturated rings. The molecular formula is C18H18BrCl2NO3. The number of halogens is 3. The summed E-state index contributed by atoms with van der Waals surface area (Å²) in [5, 5.41) is 3.58. The summed E-state index contributed by atoms with van der Waals surface area (Å²) in [5.41, 5.74) is 0.642. The fraction of sp³-hybridized carbons (Fsp3) is 0.278. The molecule has 2 aromatic carbocycles. The van der Waals surface area contributed by atoms with Gasteiger partial charge in [-0.25, -0.2) is 0 Å². The van der Waals surface area contributed by atoms with Crippen LogP contribution in [0.5, 0.6) is 11.5 Å². The minimum atomic E-state index is -0.302. The minimum absolute atomic E-state index is 0.180. The van der Waals surface area contributed by atoms with Crippen LogP contribution in [0.4, 0.5) is 5.69 Å². The highest BCUT2D eigenvalue weighted by molar-refractivity contribution is 9.10. The molecule has 0 radical (unpaired) electrons. The van der Waals surface area contributed by atoms with Crippen molar-refractivity contribution in [2.45, 2.75) is 19.8 Å². The van der Waals surface area contributed by atoms with Crippen molar-refractivity contribution in [1.82, 2.24) is 0 Å². The van der Waals surface area contributed by atoms with Crippen molar-refractivity contribution < 1.29 is 14.3 Å². The number of hydrogen-bond donors (Lipinski definition) is 1. The molecule has 134 valence electrons. The van der Waals surface area contributed by atoms with Gasteiger partial charge in [-0.1, -0.05) is 42.6 Å². The predicted octanol–water partition coefficient (Wildman–Crippen LogP) is 5.95. The molecule has 2 aromatic rings. The quantitative estimate of drug-likeness (QED) is 0.509. The van der Waals surface area contributed by atoms with Crippen LogP contribution in [-0.2, 0) is 4.79 Å². The third-order valence-corrected chi connectivity index (χ3v) is 4.28. The van der Waals surface area contributed by atoms with Gasteiger partial charge in [-0.15, -0.1) is 0 Å². The smallest absolute Gasteiger partial charge is 0.262 e. The van der Waals surface area contributed by atoms with Crippen LogP contribution in [0.3, 0.4) is 0 Å². The van der Waals surface area contributed by atoms with Gasteiger partial charge in [0, 0.05) is 16.8 Å². The summed E-state index contributed by atoms with van der Waals surface area (Å²) < 4.78 is 11.7. The van der Waals surface area contributed by atoms with E-state index in [-0.39, 0.29) is 12.5 Å². The number of hydrogen-bond acceptors (Lipinski definition) is 3. The second kappa shape index (κ2) is 9.90. The molecule has 0 unspecified atom stereocenters. The molecule has 0 aliphatic carbocycles. The van der Waals surface area contributed by atoms with Crippen LogP contribution >= 0.6 is 39.1 Å². The highest BCUT2D eigenvalue weighted by Gasteiger charge is 2.11. The number of unbranched alkanes of at least 4 members (excludes halogenated alkanes) is 1. The summed E-state index contributed by atoms with van der Waals surface area (Å²) in [6.07, 6.45) is 2.05. The van der Waals surface area contributed by atoms with Crippen LogP contribution in [0.2, 0.25) is 10.0 Å². The van der Waals surface area contributed by atoms with Crippen LogP contribution in [0.25, 0.3) is 0 Å². The van der Waals surface area contributed by atoms with E-state index in [1.165, 1.54) is 0 Å². The zero-order valence-electron chi connectivity index (χ0n) is 13.7. The Morgan fingerprint density at radius 1 is 1.20 bits per heavy atom. The van der Waals surface area contributed by atoms with Crippen LogP contribution in [0.1, 0.15) is 19.8 Å². The third kappa shape index (κ3) is 6.42. The Morgan fingerprint density at radius 2 is 2.00 bits per heavy atom. The minimum Gasteiger partial charge on any atom is -0.494 e. The summed E-state index contributed by atoms with van der Waals surface area (Å²) in [5.74, 6) is 0.789. The number of nitrogens with one attached hydrogen (secondary N) is 1. The van der Waals surface area contributed by atoms with E-state index in [2.05, 4.69) is 28.2 Å². The maximum absolute atomic E-state index is 12.1. The SMILES string of the molecule is CCCCOc1cccc(NC(=O)COc2c(Cl)cc(Cl)cc2Br)c1. The summed E-state index contributed by atoms with van der Waals surface area (Å²) in [6, 6.07) is 10.4. The highest BCUT2D eigenvalue weighted by Crippen LogP contribution is 2.36. The fourth-order valence-corrected chi connectivity index (χ4v) is 3.37. The van der Waals surface area contributed by atoms with Crippen molar-refractivity contribution >= 4 is 50.7 Å². The molecule has 0 aromatic heterocycles. The molecule has 0 spiro atoms. The van der Waals surface area contributed by atoms with E-state index in [1.54, 1.807) is 24.3 Å². The molecule has 0 aliphatic rings. The zero-order chi connectivity index (χ0) is 18.2. The molecule has 0 heterocycles. The van der Waals surface area contributed by atoms with Gasteiger partial charge < -0.3 is 14.8 Å². The van der Waals surface area contributed by atoms with Crippen LogP contribution in [0.15, 0.2) is 40.9 Å². The Bertz CT molecular complexity index is 717. The molecule has 0 saturated carbocycles. The molecule has 25 heavy (non-hydrogen) atoms. The second-order valence-corrected chi connectivity index (χ2v) is 6.96. The molecule has 1 N–H and O–H groups in total. The summed E-state index contributed by atoms with van der Waals surface area (Å²) >= 11 is 15.3. The molecule has 1 amide bonds. The third-order valence-electron chi connectivity index (χ3n) is 3.20. The number of carbonyl (C=O) groups is 1. The van der Waals surface area contributed by atoms with Gasteiger partial charge in [-0.05, 0) is 46.6 Å². The van der Waals surface area contributed by atoms with E-state index in [0.717, 1.165) is 18.6 Å². The highest BCUT2D eigenvalue weighted by atomic mass is 79.9. The lowest BCUT2D eigenvalue weighted by atomic mass is 10.3. The number of benzene rings is 2. The predicted molar refractivity (Wildman–Crippen MR) is 105 cm³/mol. The largest absolute Gasteiger partial charge is 0.494 e. The number of amides is 1. The zero-order valence-corrected chi connectivity index (χ0v) is 16.7. The Kier molecular flexibility index (Phi) is 7.88. The molecule has 2 rings (SSSR count). The average molecular weight is 447 g/mol. The van der Waals surface area contributed by atoms with Crippen molar-refractivity contribution in [2.75, 3.05) is 18.5 Å². The number of ether oxygens (including phenoxy) is 2. The van der Waals surface area contributed by atoms with Gasteiger partial charge in [-0.3, -0.25) is 4.79 Å². The number of carbonyl (C=O) groups excluding carboxylic acids is 1. The van der Waals surface area contributed by atoms with Gasteiger partial charge >= 0.3 is 0 Å². The summed E-state index contributed by atoms with van der Waals surface area (Å²) in [7, 11) is 0. The van der Waals surface area contributed by atoms with Crippen LogP contribution in [-0.4, -0.2) is 19.1 Å². The van der Waals surface area contributed by atoms with E-state index >= 15 is 0 Å². The molecule has 7 heteroatoms. The number of anilines is 1. The Morgan fingerprint density at radius 3 is 2.72 bits per heavy atom. The summed E-state index contributed by atoms with van der Waals surface area (Å²) in [6.45, 7) is 2.58. The van der Waals surface area contributed by atoms with Crippen molar-refractivity contribution in [3.63, 3.8) is 0 Å². The van der Waals surface area contributed by atoms with Gasteiger partial charge in [0.1, 0.15) is 5.75 Å². The van der Waals surface area contributed by atoms with Gasteiger partial charge in [0.25, 0.3) is 5.91 Å². The average Bonchev–Trinajstić information content (AvgIpc) is 2.54. The van der Waals surface area contributed by atoms with Crippen LogP contribution < -0.4 is 14.8 Å². The van der Waals surface area contributed by atoms with Gasteiger partial charge in [0.05, 0.1) is 16.1 Å². The first-order valence-electron chi connectivity index (χ1n) is 7.79. The standard InChI is InChI=1S/C18H18BrCl2NO3/c1-2-3-7-24-14-6-4-5-13(10-14)22-17(23)11-25-18-15(19)8-12(20)9-16(18)21/h4-6,8-10H,2-3,7,11H2,1H3,(H,22,23). The molecule has 0 saturated heterocycles. The summed E-state index contributed by atoms with van der Waals surface area (Å²) in [4.78, 5) is 12.1. The van der Waals surface area contributed by atoms with Crippen LogP contribution in [0, 0.1) is 0 Å². The monoisotopic (exact) mass is 445 g/mol. The van der Waals surface area contributed by atoms with Gasteiger partial charge in [0.15, 0.2) is 12.4 Å². The Hall–Kier alpha value is -1.43.